The number of carbonyl (C=O) groups excluding carboxylic acids is 3. The smallest absolute Gasteiger partial charge is 0.340 e. The highest BCUT2D eigenvalue weighted by Gasteiger charge is 2.15. The number of aromatic nitrogens is 1. The van der Waals surface area contributed by atoms with E-state index in [1.165, 1.54) is 0 Å². The maximum atomic E-state index is 12.3. The van der Waals surface area contributed by atoms with Crippen molar-refractivity contribution in [2.24, 2.45) is 0 Å². The number of methoxy groups -OCH3 is 1. The van der Waals surface area contributed by atoms with Gasteiger partial charge in [-0.1, -0.05) is 0 Å². The molecule has 1 aromatic carbocycles. The summed E-state index contributed by atoms with van der Waals surface area (Å²) in [6.07, 6.45) is 0.677. The Morgan fingerprint density at radius 1 is 1.14 bits per heavy atom. The molecule has 1 heterocycles. The van der Waals surface area contributed by atoms with Crippen LogP contribution in [0.3, 0.4) is 0 Å². The summed E-state index contributed by atoms with van der Waals surface area (Å²) in [7, 11) is 1.57. The van der Waals surface area contributed by atoms with Crippen molar-refractivity contribution in [3.05, 3.63) is 35.5 Å². The third-order valence-corrected chi connectivity index (χ3v) is 3.95. The monoisotopic (exact) mass is 388 g/mol. The molecule has 1 N–H and O–H groups in total. The lowest BCUT2D eigenvalue weighted by Gasteiger charge is -2.09. The van der Waals surface area contributed by atoms with E-state index in [1.807, 2.05) is 0 Å². The number of esters is 2. The van der Waals surface area contributed by atoms with Gasteiger partial charge in [0.05, 0.1) is 30.5 Å². The summed E-state index contributed by atoms with van der Waals surface area (Å²) < 4.78 is 15.0. The molecule has 8 heteroatoms. The van der Waals surface area contributed by atoms with E-state index in [1.54, 1.807) is 45.2 Å². The maximum absolute atomic E-state index is 12.3. The molecule has 0 fully saturated rings. The van der Waals surface area contributed by atoms with Gasteiger partial charge in [-0.25, -0.2) is 4.79 Å². The summed E-state index contributed by atoms with van der Waals surface area (Å²) >= 11 is 0. The fourth-order valence-corrected chi connectivity index (χ4v) is 2.53. The van der Waals surface area contributed by atoms with Crippen molar-refractivity contribution in [2.45, 2.75) is 26.7 Å². The molecule has 0 aliphatic rings. The van der Waals surface area contributed by atoms with Crippen LogP contribution >= 0.6 is 0 Å². The second-order valence-electron chi connectivity index (χ2n) is 6.01. The van der Waals surface area contributed by atoms with Gasteiger partial charge in [0.2, 0.25) is 0 Å². The summed E-state index contributed by atoms with van der Waals surface area (Å²) in [5.74, 6) is -0.688. The predicted octanol–water partition coefficient (Wildman–Crippen LogP) is 2.17. The Labute approximate surface area is 163 Å². The van der Waals surface area contributed by atoms with Gasteiger partial charge in [-0.15, -0.1) is 0 Å². The first-order valence-electron chi connectivity index (χ1n) is 8.99. The average Bonchev–Trinajstić information content (AvgIpc) is 2.68. The van der Waals surface area contributed by atoms with Crippen LogP contribution in [-0.4, -0.2) is 49.7 Å². The molecule has 0 atom stereocenters. The molecule has 0 spiro atoms. The molecule has 1 amide bonds. The summed E-state index contributed by atoms with van der Waals surface area (Å²) in [5.41, 5.74) is 1.50. The number of carbonyl (C=O) groups is 3. The van der Waals surface area contributed by atoms with E-state index in [-0.39, 0.29) is 12.4 Å². The zero-order valence-electron chi connectivity index (χ0n) is 16.2. The minimum absolute atomic E-state index is 0.223. The highest BCUT2D eigenvalue weighted by molar-refractivity contribution is 5.96. The Morgan fingerprint density at radius 3 is 2.64 bits per heavy atom. The van der Waals surface area contributed by atoms with Gasteiger partial charge in [-0.05, 0) is 38.5 Å². The molecule has 2 rings (SSSR count). The molecule has 0 saturated heterocycles. The van der Waals surface area contributed by atoms with Gasteiger partial charge in [0.1, 0.15) is 5.75 Å². The van der Waals surface area contributed by atoms with Crippen molar-refractivity contribution >= 4 is 28.7 Å². The number of nitrogens with zero attached hydrogens (tertiary/aromatic N) is 1. The fraction of sp³-hybridized carbons (Fsp3) is 0.400. The standard InChI is InChI=1S/C20H24N2O6/c1-4-27-19(24)6-5-9-21-18(23)12-28-20(25)16-10-14-7-8-15(26-3)11-17(14)22-13(16)2/h7-8,10-11H,4-6,9,12H2,1-3H3,(H,21,23). The van der Waals surface area contributed by atoms with Crippen LogP contribution in [0, 0.1) is 6.92 Å². The van der Waals surface area contributed by atoms with Gasteiger partial charge in [0.25, 0.3) is 5.91 Å². The molecule has 8 nitrogen and oxygen atoms in total. The van der Waals surface area contributed by atoms with E-state index in [0.29, 0.717) is 42.1 Å². The van der Waals surface area contributed by atoms with Crippen molar-refractivity contribution in [1.29, 1.82) is 0 Å². The number of ether oxygens (including phenoxy) is 3. The molecule has 1 aromatic heterocycles. The predicted molar refractivity (Wildman–Crippen MR) is 102 cm³/mol. The molecule has 0 aliphatic heterocycles. The lowest BCUT2D eigenvalue weighted by atomic mass is 10.1. The van der Waals surface area contributed by atoms with Crippen molar-refractivity contribution in [1.82, 2.24) is 10.3 Å². The Kier molecular flexibility index (Phi) is 7.74. The van der Waals surface area contributed by atoms with Crippen LogP contribution in [0.15, 0.2) is 24.3 Å². The number of fused-ring (bicyclic) bond motifs is 1. The van der Waals surface area contributed by atoms with E-state index in [0.717, 1.165) is 5.39 Å². The zero-order valence-corrected chi connectivity index (χ0v) is 16.2. The van der Waals surface area contributed by atoms with Gasteiger partial charge in [-0.2, -0.15) is 0 Å². The van der Waals surface area contributed by atoms with E-state index in [9.17, 15) is 14.4 Å². The number of aryl methyl sites for hydroxylation is 1. The van der Waals surface area contributed by atoms with E-state index >= 15 is 0 Å². The Bertz CT molecular complexity index is 865. The van der Waals surface area contributed by atoms with Crippen LogP contribution in [0.5, 0.6) is 5.75 Å². The number of amides is 1. The second kappa shape index (κ2) is 10.2. The van der Waals surface area contributed by atoms with Crippen LogP contribution in [0.2, 0.25) is 0 Å². The fourth-order valence-electron chi connectivity index (χ4n) is 2.53. The number of hydrogen-bond acceptors (Lipinski definition) is 7. The van der Waals surface area contributed by atoms with Crippen molar-refractivity contribution in [3.63, 3.8) is 0 Å². The number of nitrogens with one attached hydrogen (secondary N) is 1. The zero-order chi connectivity index (χ0) is 20.5. The number of benzene rings is 1. The number of pyridine rings is 1. The summed E-state index contributed by atoms with van der Waals surface area (Å²) in [6.45, 7) is 3.66. The SMILES string of the molecule is CCOC(=O)CCCNC(=O)COC(=O)c1cc2ccc(OC)cc2nc1C. The number of rotatable bonds is 9. The van der Waals surface area contributed by atoms with Crippen molar-refractivity contribution in [3.8, 4) is 5.75 Å². The summed E-state index contributed by atoms with van der Waals surface area (Å²) in [6, 6.07) is 7.03. The molecule has 150 valence electrons. The van der Waals surface area contributed by atoms with Gasteiger partial charge in [0, 0.05) is 24.4 Å². The molecular weight excluding hydrogens is 364 g/mol. The minimum atomic E-state index is -0.621. The van der Waals surface area contributed by atoms with Crippen LogP contribution in [0.4, 0.5) is 0 Å². The average molecular weight is 388 g/mol. The van der Waals surface area contributed by atoms with Crippen LogP contribution in [-0.2, 0) is 19.1 Å². The lowest BCUT2D eigenvalue weighted by molar-refractivity contribution is -0.143. The second-order valence-corrected chi connectivity index (χ2v) is 6.01. The van der Waals surface area contributed by atoms with E-state index in [2.05, 4.69) is 10.3 Å². The first-order chi connectivity index (χ1) is 13.4. The Balaban J connectivity index is 1.86. The molecule has 2 aromatic rings. The lowest BCUT2D eigenvalue weighted by Crippen LogP contribution is -2.30. The van der Waals surface area contributed by atoms with Crippen LogP contribution in [0.1, 0.15) is 35.8 Å². The summed E-state index contributed by atoms with van der Waals surface area (Å²) in [5, 5.41) is 3.36. The van der Waals surface area contributed by atoms with Crippen LogP contribution in [0.25, 0.3) is 10.9 Å². The first kappa shape index (κ1) is 21.1. The molecule has 0 aliphatic carbocycles. The van der Waals surface area contributed by atoms with E-state index in [4.69, 9.17) is 14.2 Å². The van der Waals surface area contributed by atoms with Crippen LogP contribution < -0.4 is 10.1 Å². The highest BCUT2D eigenvalue weighted by Crippen LogP contribution is 2.22. The molecule has 0 bridgehead atoms. The van der Waals surface area contributed by atoms with Gasteiger partial charge >= 0.3 is 11.9 Å². The van der Waals surface area contributed by atoms with Crippen molar-refractivity contribution < 1.29 is 28.6 Å². The third kappa shape index (κ3) is 5.94. The number of hydrogen-bond donors (Lipinski definition) is 1. The third-order valence-electron chi connectivity index (χ3n) is 3.95. The Hall–Kier alpha value is -3.16. The van der Waals surface area contributed by atoms with Gasteiger partial charge in [0.15, 0.2) is 6.61 Å². The Morgan fingerprint density at radius 2 is 1.93 bits per heavy atom. The van der Waals surface area contributed by atoms with Crippen molar-refractivity contribution in [2.75, 3.05) is 26.9 Å². The molecule has 0 saturated carbocycles. The molecule has 28 heavy (non-hydrogen) atoms. The minimum Gasteiger partial charge on any atom is -0.497 e. The normalized spacial score (nSPS) is 10.4. The quantitative estimate of drug-likeness (QED) is 0.518. The molecule has 0 radical (unpaired) electrons. The largest absolute Gasteiger partial charge is 0.497 e. The summed E-state index contributed by atoms with van der Waals surface area (Å²) in [4.78, 5) is 39.7. The van der Waals surface area contributed by atoms with Gasteiger partial charge < -0.3 is 19.5 Å². The highest BCUT2D eigenvalue weighted by atomic mass is 16.5. The molecule has 0 unspecified atom stereocenters. The topological polar surface area (TPSA) is 104 Å². The van der Waals surface area contributed by atoms with Gasteiger partial charge in [-0.3, -0.25) is 14.6 Å². The van der Waals surface area contributed by atoms with E-state index < -0.39 is 18.5 Å². The molecular formula is C20H24N2O6. The first-order valence-corrected chi connectivity index (χ1v) is 8.99. The maximum Gasteiger partial charge on any atom is 0.340 e.